The smallest absolute Gasteiger partial charge is 0.364 e. The van der Waals surface area contributed by atoms with Crippen LogP contribution < -0.4 is 10.6 Å². The number of unbranched alkanes of at least 4 members (excludes halogenated alkanes) is 52. The number of ether oxygens (including phenoxy) is 6. The van der Waals surface area contributed by atoms with Gasteiger partial charge in [-0.2, -0.15) is 0 Å². The topological polar surface area (TPSA) is 373 Å². The van der Waals surface area contributed by atoms with E-state index in [0.717, 1.165) is 58.3 Å². The maximum atomic E-state index is 13.6. The van der Waals surface area contributed by atoms with Crippen molar-refractivity contribution in [1.29, 1.82) is 0 Å². The van der Waals surface area contributed by atoms with E-state index in [2.05, 4.69) is 36.6 Å². The molecule has 14 N–H and O–H groups in total. The van der Waals surface area contributed by atoms with E-state index in [1.165, 1.54) is 289 Å². The number of nitrogens with one attached hydrogen (secondary N) is 2. The van der Waals surface area contributed by atoms with E-state index in [9.17, 15) is 75.7 Å². The number of hydrogen-bond donors (Lipinski definition) is 14. The van der Waals surface area contributed by atoms with E-state index < -0.39 is 148 Å². The minimum atomic E-state index is -3.08. The van der Waals surface area contributed by atoms with Crippen LogP contribution in [-0.4, -0.2) is 215 Å². The van der Waals surface area contributed by atoms with Crippen molar-refractivity contribution in [2.24, 2.45) is 0 Å². The van der Waals surface area contributed by atoms with Crippen molar-refractivity contribution in [3.8, 4) is 0 Å². The van der Waals surface area contributed by atoms with Gasteiger partial charge in [-0.05, 0) is 38.5 Å². The second kappa shape index (κ2) is 66.4. The highest BCUT2D eigenvalue weighted by molar-refractivity contribution is 5.77. The summed E-state index contributed by atoms with van der Waals surface area (Å²) in [6, 6.07) is -2.53. The van der Waals surface area contributed by atoms with E-state index >= 15 is 0 Å². The Bertz CT molecular complexity index is 2240. The molecule has 23 heteroatoms. The Morgan fingerprint density at radius 2 is 0.838 bits per heavy atom. The van der Waals surface area contributed by atoms with Gasteiger partial charge in [0.05, 0.1) is 50.7 Å². The second-order valence-electron chi connectivity index (χ2n) is 33.2. The molecule has 18 unspecified atom stereocenters. The van der Waals surface area contributed by atoms with Crippen molar-refractivity contribution in [3.05, 3.63) is 12.2 Å². The summed E-state index contributed by atoms with van der Waals surface area (Å²) in [6.45, 7) is 2.28. The average molecular weight is 1590 g/mol. The van der Waals surface area contributed by atoms with Gasteiger partial charge in [0.2, 0.25) is 11.8 Å². The standard InChI is InChI=1S/C88H166N2O21/c1-4-6-8-10-12-14-16-18-20-22-24-25-26-27-28-29-30-31-32-33-34-35-36-37-38-39-40-41-42-43-44-46-48-50-52-54-56-58-60-62-75(98)90-69(70(95)61-59-57-55-53-51-49-47-45-23-21-19-17-15-13-11-9-7-5-2)67-106-85-80(102)79(101)82(74(66-93)108-85)109-86-81(103)84(78(100)73(65-92)107-86)111-88(87(104)105)63-71(96)76(89-68(3)94)83(110-88)77(99)72(97)64-91/h33-34,69-74,76-86,91-93,95-97,99-103H,4-32,35-67H2,1-3H3,(H,89,94)(H,90,98)(H,104,105)/b34-33-. The van der Waals surface area contributed by atoms with Gasteiger partial charge in [0, 0.05) is 19.8 Å². The molecule has 23 nitrogen and oxygen atoms in total. The van der Waals surface area contributed by atoms with Gasteiger partial charge in [0.1, 0.15) is 67.1 Å². The molecule has 3 saturated heterocycles. The highest BCUT2D eigenvalue weighted by atomic mass is 16.8. The molecule has 111 heavy (non-hydrogen) atoms. The van der Waals surface area contributed by atoms with Crippen molar-refractivity contribution in [2.75, 3.05) is 26.4 Å². The molecule has 0 saturated carbocycles. The highest BCUT2D eigenvalue weighted by Gasteiger charge is 2.60. The Kier molecular flexibility index (Phi) is 61.4. The third kappa shape index (κ3) is 45.3. The zero-order valence-electron chi connectivity index (χ0n) is 69.9. The van der Waals surface area contributed by atoms with Crippen molar-refractivity contribution >= 4 is 17.8 Å². The molecular weight excluding hydrogens is 1420 g/mol. The SMILES string of the molecule is CCCCCCCCCCCCCCCCCCCC/C=C\CCCCCCCCCCCCCCCCCCCC(=O)NC(COC1OC(CO)C(OC2OC(CO)C(O)C(OC3(C(=O)O)CC(O)C(NC(C)=O)C(C(O)C(O)CO)O3)C2O)C(O)C1O)C(O)CCCCCCCCCCCCCCCCCCCC. The summed E-state index contributed by atoms with van der Waals surface area (Å²) in [5, 5.41) is 137. The molecule has 654 valence electrons. The first-order chi connectivity index (χ1) is 53.9. The summed E-state index contributed by atoms with van der Waals surface area (Å²) in [6.07, 6.45) is 46.7. The fraction of sp³-hybridized carbons (Fsp3) is 0.943. The molecule has 3 aliphatic heterocycles. The van der Waals surface area contributed by atoms with Crippen LogP contribution in [0, 0.1) is 0 Å². The third-order valence-electron chi connectivity index (χ3n) is 23.2. The summed E-state index contributed by atoms with van der Waals surface area (Å²) < 4.78 is 35.0. The van der Waals surface area contributed by atoms with Crippen LogP contribution in [0.4, 0.5) is 0 Å². The maximum Gasteiger partial charge on any atom is 0.364 e. The monoisotopic (exact) mass is 1590 g/mol. The number of aliphatic hydroxyl groups is 11. The first kappa shape index (κ1) is 103. The van der Waals surface area contributed by atoms with Crippen molar-refractivity contribution in [1.82, 2.24) is 10.6 Å². The van der Waals surface area contributed by atoms with Gasteiger partial charge in [-0.1, -0.05) is 347 Å². The largest absolute Gasteiger partial charge is 0.477 e. The van der Waals surface area contributed by atoms with Crippen LogP contribution in [0.1, 0.15) is 393 Å². The van der Waals surface area contributed by atoms with E-state index in [-0.39, 0.29) is 18.9 Å². The molecule has 0 radical (unpaired) electrons. The average Bonchev–Trinajstić information content (AvgIpc) is 0.753. The number of aliphatic carboxylic acids is 1. The molecule has 0 aromatic rings. The number of aliphatic hydroxyl groups excluding tert-OH is 11. The zero-order valence-corrected chi connectivity index (χ0v) is 69.9. The zero-order chi connectivity index (χ0) is 81.0. The molecule has 0 aromatic carbocycles. The number of hydrogen-bond acceptors (Lipinski definition) is 20. The number of carbonyl (C=O) groups excluding carboxylic acids is 2. The molecule has 3 rings (SSSR count). The van der Waals surface area contributed by atoms with E-state index in [1.54, 1.807) is 0 Å². The van der Waals surface area contributed by atoms with E-state index in [0.29, 0.717) is 19.3 Å². The van der Waals surface area contributed by atoms with Crippen molar-refractivity contribution in [3.63, 3.8) is 0 Å². The van der Waals surface area contributed by atoms with Gasteiger partial charge >= 0.3 is 5.97 Å². The Morgan fingerprint density at radius 3 is 1.22 bits per heavy atom. The van der Waals surface area contributed by atoms with Crippen LogP contribution in [0.25, 0.3) is 0 Å². The second-order valence-corrected chi connectivity index (χ2v) is 33.2. The number of carboxylic acids is 1. The predicted octanol–water partition coefficient (Wildman–Crippen LogP) is 14.5. The normalized spacial score (nSPS) is 25.5. The van der Waals surface area contributed by atoms with Crippen LogP contribution in [0.3, 0.4) is 0 Å². The number of carbonyl (C=O) groups is 3. The highest BCUT2D eigenvalue weighted by Crippen LogP contribution is 2.39. The van der Waals surface area contributed by atoms with E-state index in [4.69, 9.17) is 28.4 Å². The Balaban J connectivity index is 1.39. The summed E-state index contributed by atoms with van der Waals surface area (Å²) in [4.78, 5) is 38.8. The van der Waals surface area contributed by atoms with Crippen molar-refractivity contribution < 1.29 is 104 Å². The van der Waals surface area contributed by atoms with Crippen LogP contribution in [0.15, 0.2) is 12.2 Å². The summed E-state index contributed by atoms with van der Waals surface area (Å²) in [7, 11) is 0. The summed E-state index contributed by atoms with van der Waals surface area (Å²) >= 11 is 0. The lowest BCUT2D eigenvalue weighted by atomic mass is 9.88. The third-order valence-corrected chi connectivity index (χ3v) is 23.2. The van der Waals surface area contributed by atoms with Crippen LogP contribution in [0.5, 0.6) is 0 Å². The fourth-order valence-electron chi connectivity index (χ4n) is 16.1. The van der Waals surface area contributed by atoms with E-state index in [1.807, 2.05) is 0 Å². The molecule has 3 fully saturated rings. The van der Waals surface area contributed by atoms with Gasteiger partial charge in [-0.15, -0.1) is 0 Å². The Morgan fingerprint density at radius 1 is 0.459 bits per heavy atom. The minimum absolute atomic E-state index is 0.228. The van der Waals surface area contributed by atoms with Crippen LogP contribution in [-0.2, 0) is 42.8 Å². The lowest BCUT2D eigenvalue weighted by Gasteiger charge is -2.50. The lowest BCUT2D eigenvalue weighted by molar-refractivity contribution is -0.386. The Labute approximate surface area is 671 Å². The fourth-order valence-corrected chi connectivity index (χ4v) is 16.1. The van der Waals surface area contributed by atoms with Crippen LogP contribution >= 0.6 is 0 Å². The minimum Gasteiger partial charge on any atom is -0.477 e. The van der Waals surface area contributed by atoms with Gasteiger partial charge in [-0.25, -0.2) is 4.79 Å². The molecule has 3 heterocycles. The molecular formula is C88H166N2O21. The number of rotatable bonds is 74. The molecule has 0 bridgehead atoms. The molecule has 0 spiro atoms. The van der Waals surface area contributed by atoms with Gasteiger partial charge in [0.25, 0.3) is 5.79 Å². The number of allylic oxidation sites excluding steroid dienone is 2. The first-order valence-corrected chi connectivity index (χ1v) is 45.5. The Hall–Kier alpha value is -2.53. The molecule has 3 aliphatic rings. The van der Waals surface area contributed by atoms with Gasteiger partial charge in [-0.3, -0.25) is 9.59 Å². The molecule has 0 aromatic heterocycles. The lowest BCUT2D eigenvalue weighted by Crippen LogP contribution is -2.70. The molecule has 0 aliphatic carbocycles. The number of amides is 2. The summed E-state index contributed by atoms with van der Waals surface area (Å²) in [5.74, 6) is -6.09. The molecule has 18 atom stereocenters. The van der Waals surface area contributed by atoms with Gasteiger partial charge < -0.3 is 100 Å². The quantitative estimate of drug-likeness (QED) is 0.0199. The van der Waals surface area contributed by atoms with Crippen molar-refractivity contribution in [2.45, 2.75) is 503 Å². The summed E-state index contributed by atoms with van der Waals surface area (Å²) in [5.41, 5.74) is 0. The first-order valence-electron chi connectivity index (χ1n) is 45.5. The maximum absolute atomic E-state index is 13.6. The van der Waals surface area contributed by atoms with Gasteiger partial charge in [0.15, 0.2) is 12.6 Å². The molecule has 2 amide bonds. The predicted molar refractivity (Wildman–Crippen MR) is 435 cm³/mol. The van der Waals surface area contributed by atoms with Crippen LogP contribution in [0.2, 0.25) is 0 Å². The number of carboxylic acid groups (broad SMARTS) is 1.